The van der Waals surface area contributed by atoms with E-state index in [2.05, 4.69) is 14.9 Å². The maximum Gasteiger partial charge on any atom is 0.387 e. The molecule has 7 heteroatoms. The topological polar surface area (TPSA) is 68.4 Å². The van der Waals surface area contributed by atoms with Gasteiger partial charge in [0.25, 0.3) is 5.89 Å². The molecule has 3 aromatic rings. The third kappa shape index (κ3) is 2.88. The first-order valence-electron chi connectivity index (χ1n) is 6.31. The summed E-state index contributed by atoms with van der Waals surface area (Å²) < 4.78 is 34.4. The number of alkyl halides is 2. The van der Waals surface area contributed by atoms with Crippen LogP contribution in [0.4, 0.5) is 8.78 Å². The highest BCUT2D eigenvalue weighted by atomic mass is 19.3. The number of hydrogen-bond acceptors (Lipinski definition) is 5. The number of rotatable bonds is 4. The van der Waals surface area contributed by atoms with Crippen molar-refractivity contribution in [1.82, 2.24) is 10.1 Å². The lowest BCUT2D eigenvalue weighted by Gasteiger charge is -2.06. The van der Waals surface area contributed by atoms with Gasteiger partial charge in [-0.3, -0.25) is 0 Å². The van der Waals surface area contributed by atoms with Crippen molar-refractivity contribution in [2.45, 2.75) is 6.61 Å². The molecule has 0 aliphatic rings. The molecule has 0 saturated carbocycles. The summed E-state index contributed by atoms with van der Waals surface area (Å²) >= 11 is 0. The van der Waals surface area contributed by atoms with Crippen LogP contribution in [0.25, 0.3) is 22.8 Å². The average molecular weight is 304 g/mol. The number of phenols is 1. The Morgan fingerprint density at radius 3 is 2.68 bits per heavy atom. The van der Waals surface area contributed by atoms with Crippen molar-refractivity contribution in [3.63, 3.8) is 0 Å². The Morgan fingerprint density at radius 2 is 1.91 bits per heavy atom. The molecule has 0 aliphatic carbocycles. The van der Waals surface area contributed by atoms with Crippen molar-refractivity contribution in [2.75, 3.05) is 0 Å². The van der Waals surface area contributed by atoms with Crippen LogP contribution in [0, 0.1) is 0 Å². The van der Waals surface area contributed by atoms with Gasteiger partial charge in [0.2, 0.25) is 5.82 Å². The smallest absolute Gasteiger partial charge is 0.387 e. The number of halogens is 2. The van der Waals surface area contributed by atoms with Crippen LogP contribution >= 0.6 is 0 Å². The Bertz CT molecular complexity index is 790. The van der Waals surface area contributed by atoms with Crippen LogP contribution < -0.4 is 4.74 Å². The van der Waals surface area contributed by atoms with Crippen molar-refractivity contribution >= 4 is 0 Å². The van der Waals surface area contributed by atoms with Gasteiger partial charge in [-0.05, 0) is 24.3 Å². The first-order chi connectivity index (χ1) is 10.6. The molecule has 0 radical (unpaired) electrons. The average Bonchev–Trinajstić information content (AvgIpc) is 2.97. The van der Waals surface area contributed by atoms with E-state index in [4.69, 9.17) is 4.52 Å². The Morgan fingerprint density at radius 1 is 1.09 bits per heavy atom. The SMILES string of the molecule is Oc1cccc(-c2noc(-c3ccccc3OC(F)F)n2)c1. The summed E-state index contributed by atoms with van der Waals surface area (Å²) in [6.07, 6.45) is 0. The molecule has 22 heavy (non-hydrogen) atoms. The molecule has 5 nitrogen and oxygen atoms in total. The van der Waals surface area contributed by atoms with Crippen molar-refractivity contribution < 1.29 is 23.1 Å². The number of phenolic OH excluding ortho intramolecular Hbond substituents is 1. The molecular formula is C15H10F2N2O3. The fraction of sp³-hybridized carbons (Fsp3) is 0.0667. The van der Waals surface area contributed by atoms with Gasteiger partial charge in [-0.15, -0.1) is 0 Å². The number of para-hydroxylation sites is 1. The van der Waals surface area contributed by atoms with Gasteiger partial charge in [0.15, 0.2) is 0 Å². The van der Waals surface area contributed by atoms with E-state index in [1.807, 2.05) is 0 Å². The summed E-state index contributed by atoms with van der Waals surface area (Å²) in [5, 5.41) is 13.2. The summed E-state index contributed by atoms with van der Waals surface area (Å²) in [6.45, 7) is -2.95. The standard InChI is InChI=1S/C15H10F2N2O3/c16-15(17)21-12-7-2-1-6-11(12)14-18-13(19-22-14)9-4-3-5-10(20)8-9/h1-8,15,20H. The molecule has 0 aliphatic heterocycles. The molecule has 1 aromatic heterocycles. The van der Waals surface area contributed by atoms with Crippen LogP contribution in [-0.2, 0) is 0 Å². The van der Waals surface area contributed by atoms with E-state index < -0.39 is 6.61 Å². The minimum absolute atomic E-state index is 0.0505. The number of aromatic nitrogens is 2. The van der Waals surface area contributed by atoms with E-state index in [-0.39, 0.29) is 28.8 Å². The second-order valence-corrected chi connectivity index (χ2v) is 4.35. The molecule has 0 fully saturated rings. The van der Waals surface area contributed by atoms with Gasteiger partial charge in [0.1, 0.15) is 11.5 Å². The zero-order valence-corrected chi connectivity index (χ0v) is 11.1. The van der Waals surface area contributed by atoms with Gasteiger partial charge < -0.3 is 14.4 Å². The maximum absolute atomic E-state index is 12.4. The second kappa shape index (κ2) is 5.80. The fourth-order valence-corrected chi connectivity index (χ4v) is 1.94. The highest BCUT2D eigenvalue weighted by molar-refractivity contribution is 5.65. The van der Waals surface area contributed by atoms with Crippen molar-refractivity contribution in [2.24, 2.45) is 0 Å². The van der Waals surface area contributed by atoms with Crippen molar-refractivity contribution in [3.8, 4) is 34.3 Å². The van der Waals surface area contributed by atoms with Crippen LogP contribution in [0.3, 0.4) is 0 Å². The zero-order chi connectivity index (χ0) is 15.5. The molecular weight excluding hydrogens is 294 g/mol. The monoisotopic (exact) mass is 304 g/mol. The van der Waals surface area contributed by atoms with Gasteiger partial charge in [-0.2, -0.15) is 13.8 Å². The Balaban J connectivity index is 1.98. The van der Waals surface area contributed by atoms with Crippen LogP contribution in [-0.4, -0.2) is 21.9 Å². The minimum Gasteiger partial charge on any atom is -0.508 e. The molecule has 2 aromatic carbocycles. The first kappa shape index (κ1) is 14.0. The number of aromatic hydroxyl groups is 1. The van der Waals surface area contributed by atoms with Crippen LogP contribution in [0.1, 0.15) is 0 Å². The lowest BCUT2D eigenvalue weighted by atomic mass is 10.2. The van der Waals surface area contributed by atoms with Crippen molar-refractivity contribution in [1.29, 1.82) is 0 Å². The summed E-state index contributed by atoms with van der Waals surface area (Å²) in [6, 6.07) is 12.4. The Kier molecular flexibility index (Phi) is 3.69. The highest BCUT2D eigenvalue weighted by Crippen LogP contribution is 2.31. The van der Waals surface area contributed by atoms with E-state index in [1.54, 1.807) is 24.3 Å². The second-order valence-electron chi connectivity index (χ2n) is 4.35. The predicted octanol–water partition coefficient (Wildman–Crippen LogP) is 3.71. The lowest BCUT2D eigenvalue weighted by molar-refractivity contribution is -0.0495. The van der Waals surface area contributed by atoms with Gasteiger partial charge >= 0.3 is 6.61 Å². The molecule has 0 bridgehead atoms. The molecule has 0 atom stereocenters. The normalized spacial score (nSPS) is 10.9. The minimum atomic E-state index is -2.95. The molecule has 1 N–H and O–H groups in total. The number of hydrogen-bond donors (Lipinski definition) is 1. The van der Waals surface area contributed by atoms with Gasteiger partial charge in [0, 0.05) is 5.56 Å². The van der Waals surface area contributed by atoms with Crippen molar-refractivity contribution in [3.05, 3.63) is 48.5 Å². The summed E-state index contributed by atoms with van der Waals surface area (Å²) in [7, 11) is 0. The number of benzene rings is 2. The quantitative estimate of drug-likeness (QED) is 0.795. The number of ether oxygens (including phenoxy) is 1. The van der Waals surface area contributed by atoms with Crippen LogP contribution in [0.2, 0.25) is 0 Å². The first-order valence-corrected chi connectivity index (χ1v) is 6.31. The van der Waals surface area contributed by atoms with E-state index in [9.17, 15) is 13.9 Å². The Hall–Kier alpha value is -2.96. The van der Waals surface area contributed by atoms with Gasteiger partial charge in [-0.1, -0.05) is 29.4 Å². The summed E-state index contributed by atoms with van der Waals surface area (Å²) in [5.41, 5.74) is 0.809. The summed E-state index contributed by atoms with van der Waals surface area (Å²) in [5.74, 6) is 0.293. The van der Waals surface area contributed by atoms with E-state index in [1.165, 1.54) is 24.3 Å². The maximum atomic E-state index is 12.4. The molecule has 0 amide bonds. The molecule has 0 unspecified atom stereocenters. The van der Waals surface area contributed by atoms with E-state index in [0.717, 1.165) is 0 Å². The molecule has 1 heterocycles. The van der Waals surface area contributed by atoms with Gasteiger partial charge in [-0.25, -0.2) is 0 Å². The summed E-state index contributed by atoms with van der Waals surface area (Å²) in [4.78, 5) is 4.15. The molecule has 0 spiro atoms. The Labute approximate surface area is 123 Å². The highest BCUT2D eigenvalue weighted by Gasteiger charge is 2.17. The number of nitrogens with zero attached hydrogens (tertiary/aromatic N) is 2. The molecule has 3 rings (SSSR count). The third-order valence-corrected chi connectivity index (χ3v) is 2.86. The van der Waals surface area contributed by atoms with Gasteiger partial charge in [0.05, 0.1) is 5.56 Å². The van der Waals surface area contributed by atoms with Crippen LogP contribution in [0.15, 0.2) is 53.1 Å². The largest absolute Gasteiger partial charge is 0.508 e. The molecule has 0 saturated heterocycles. The molecule has 112 valence electrons. The predicted molar refractivity (Wildman–Crippen MR) is 73.5 cm³/mol. The van der Waals surface area contributed by atoms with Crippen LogP contribution in [0.5, 0.6) is 11.5 Å². The fourth-order valence-electron chi connectivity index (χ4n) is 1.94. The third-order valence-electron chi connectivity index (χ3n) is 2.86. The zero-order valence-electron chi connectivity index (χ0n) is 11.1. The van der Waals surface area contributed by atoms with E-state index in [0.29, 0.717) is 5.56 Å². The van der Waals surface area contributed by atoms with E-state index >= 15 is 0 Å². The lowest BCUT2D eigenvalue weighted by Crippen LogP contribution is -2.03.